The third-order valence-corrected chi connectivity index (χ3v) is 12.6. The lowest BCUT2D eigenvalue weighted by Crippen LogP contribution is -2.70. The molecule has 346 valence electrons. The summed E-state index contributed by atoms with van der Waals surface area (Å²) >= 11 is 0. The van der Waals surface area contributed by atoms with Gasteiger partial charge in [-0.1, -0.05) is 63.9 Å². The van der Waals surface area contributed by atoms with Crippen LogP contribution in [0.1, 0.15) is 107 Å². The number of non-ortho nitro benzene ring substituents is 1. The van der Waals surface area contributed by atoms with E-state index in [0.717, 1.165) is 48.1 Å². The molecule has 1 heterocycles. The summed E-state index contributed by atoms with van der Waals surface area (Å²) in [5, 5.41) is 36.2. The molecule has 3 aromatic rings. The zero-order valence-corrected chi connectivity index (χ0v) is 38.4. The Kier molecular flexibility index (Phi) is 16.3. The average molecular weight is 882 g/mol. The highest BCUT2D eigenvalue weighted by molar-refractivity contribution is 6.03. The van der Waals surface area contributed by atoms with Crippen LogP contribution in [0.2, 0.25) is 0 Å². The number of nitro benzene ring substituents is 1. The summed E-state index contributed by atoms with van der Waals surface area (Å²) in [7, 11) is 0. The number of unbranched alkanes of at least 4 members (excludes halogenated alkanes) is 2. The molecule has 1 fully saturated rings. The molecular weight excluding hydrogens is 815 g/mol. The molecule has 6 atom stereocenters. The number of ether oxygens (including phenoxy) is 4. The molecule has 1 aliphatic heterocycles. The van der Waals surface area contributed by atoms with Gasteiger partial charge in [0.1, 0.15) is 29.9 Å². The van der Waals surface area contributed by atoms with Gasteiger partial charge in [-0.25, -0.2) is 4.79 Å². The number of nitro groups is 1. The van der Waals surface area contributed by atoms with Gasteiger partial charge in [-0.05, 0) is 128 Å². The van der Waals surface area contributed by atoms with Crippen LogP contribution in [-0.2, 0) is 20.9 Å². The predicted octanol–water partition coefficient (Wildman–Crippen LogP) is 10.7. The van der Waals surface area contributed by atoms with Crippen molar-refractivity contribution in [1.29, 1.82) is 0 Å². The summed E-state index contributed by atoms with van der Waals surface area (Å²) in [5.41, 5.74) is 5.17. The van der Waals surface area contributed by atoms with E-state index in [2.05, 4.69) is 32.6 Å². The van der Waals surface area contributed by atoms with Crippen molar-refractivity contribution in [2.75, 3.05) is 33.0 Å². The molecule has 0 radical (unpaired) electrons. The van der Waals surface area contributed by atoms with Gasteiger partial charge in [-0.3, -0.25) is 15.0 Å². The second kappa shape index (κ2) is 21.6. The zero-order chi connectivity index (χ0) is 46.0. The third kappa shape index (κ3) is 11.2. The van der Waals surface area contributed by atoms with E-state index in [1.54, 1.807) is 23.1 Å². The molecule has 1 amide bonds. The van der Waals surface area contributed by atoms with Crippen molar-refractivity contribution in [2.24, 2.45) is 28.3 Å². The highest BCUT2D eigenvalue weighted by Gasteiger charge is 2.65. The summed E-state index contributed by atoms with van der Waals surface area (Å²) in [4.78, 5) is 33.4. The van der Waals surface area contributed by atoms with E-state index in [-0.39, 0.29) is 68.3 Å². The van der Waals surface area contributed by atoms with Crippen molar-refractivity contribution in [1.82, 2.24) is 4.90 Å². The topological polar surface area (TPSA) is 162 Å². The van der Waals surface area contributed by atoms with E-state index >= 15 is 0 Å². The molecule has 3 aliphatic rings. The van der Waals surface area contributed by atoms with Gasteiger partial charge in [0.05, 0.1) is 29.8 Å². The SMILES string of the molecule is C=CCOC12Oc3ccc(Oc4ccc(C)c(C)c4)cc3C3C(CCCCO)C(CCCCO)C=C(C(=NOCc4ccc([N+](=O)[O-])cc4)CC1N(CCC)C(=O)OCC(C)(C)C)C32. The first kappa shape index (κ1) is 48.2. The van der Waals surface area contributed by atoms with Gasteiger partial charge in [-0.15, -0.1) is 6.58 Å². The maximum Gasteiger partial charge on any atom is 0.410 e. The number of carbonyl (C=O) groups excluding carboxylic acids is 1. The first-order valence-corrected chi connectivity index (χ1v) is 22.9. The van der Waals surface area contributed by atoms with Crippen LogP contribution in [-0.4, -0.2) is 76.6 Å². The molecule has 6 rings (SSSR count). The fourth-order valence-electron chi connectivity index (χ4n) is 9.50. The Balaban J connectivity index is 1.57. The Labute approximate surface area is 378 Å². The Bertz CT molecular complexity index is 2150. The molecule has 0 bridgehead atoms. The van der Waals surface area contributed by atoms with E-state index in [0.29, 0.717) is 48.6 Å². The molecule has 3 aromatic carbocycles. The molecule has 6 unspecified atom stereocenters. The summed E-state index contributed by atoms with van der Waals surface area (Å²) in [6, 6.07) is 17.4. The van der Waals surface area contributed by atoms with Crippen molar-refractivity contribution < 1.29 is 43.7 Å². The predicted molar refractivity (Wildman–Crippen MR) is 247 cm³/mol. The molecule has 2 N–H and O–H groups in total. The van der Waals surface area contributed by atoms with Crippen LogP contribution in [0.5, 0.6) is 17.2 Å². The number of rotatable bonds is 21. The first-order valence-electron chi connectivity index (χ1n) is 22.9. The maximum absolute atomic E-state index is 14.5. The van der Waals surface area contributed by atoms with Crippen LogP contribution in [0.25, 0.3) is 0 Å². The standard InChI is InChI=1S/C51H67N3O10/c1-8-24-53(49(57)60-33-50(5,6)7)46-31-44(52-62-32-36-17-19-38(20-18-36)54(58)59)42-29-37(14-10-12-25-55)41(15-11-13-26-56)47-43-30-40(63-39-21-16-34(3)35(4)28-39)22-23-45(43)64-51(46,48(42)47)61-27-9-2/h9,16-23,28-30,37,41,46-48,55-56H,2,8,10-15,24-27,31-33H2,1,3-7H3. The monoisotopic (exact) mass is 881 g/mol. The minimum absolute atomic E-state index is 0.0188. The highest BCUT2D eigenvalue weighted by Crippen LogP contribution is 2.62. The van der Waals surface area contributed by atoms with Gasteiger partial charge in [-0.2, -0.15) is 0 Å². The Morgan fingerprint density at radius 3 is 2.36 bits per heavy atom. The second-order valence-corrected chi connectivity index (χ2v) is 18.6. The molecule has 13 nitrogen and oxygen atoms in total. The number of aliphatic hydroxyl groups excluding tert-OH is 2. The van der Waals surface area contributed by atoms with E-state index < -0.39 is 28.8 Å². The number of allylic oxidation sites excluding steroid dienone is 1. The lowest BCUT2D eigenvalue weighted by molar-refractivity contribution is -0.384. The lowest BCUT2D eigenvalue weighted by Gasteiger charge is -2.60. The number of benzene rings is 3. The number of hydrogen-bond donors (Lipinski definition) is 2. The Hall–Kier alpha value is -5.24. The molecule has 0 saturated heterocycles. The van der Waals surface area contributed by atoms with Gasteiger partial charge in [0, 0.05) is 49.8 Å². The Morgan fingerprint density at radius 2 is 1.70 bits per heavy atom. The molecule has 1 saturated carbocycles. The number of amides is 1. The van der Waals surface area contributed by atoms with Gasteiger partial charge in [0.25, 0.3) is 5.69 Å². The quantitative estimate of drug-likeness (QED) is 0.0456. The smallest absolute Gasteiger partial charge is 0.410 e. The maximum atomic E-state index is 14.5. The molecule has 0 aromatic heterocycles. The van der Waals surface area contributed by atoms with Crippen molar-refractivity contribution in [3.8, 4) is 17.2 Å². The van der Waals surface area contributed by atoms with Crippen LogP contribution in [0.15, 0.2) is 90.1 Å². The molecule has 0 spiro atoms. The Morgan fingerprint density at radius 1 is 1.00 bits per heavy atom. The van der Waals surface area contributed by atoms with Crippen molar-refractivity contribution in [3.63, 3.8) is 0 Å². The van der Waals surface area contributed by atoms with Crippen molar-refractivity contribution >= 4 is 17.5 Å². The summed E-state index contributed by atoms with van der Waals surface area (Å²) in [5.74, 6) is -0.139. The minimum atomic E-state index is -1.44. The van der Waals surface area contributed by atoms with Crippen LogP contribution in [0.4, 0.5) is 10.5 Å². The van der Waals surface area contributed by atoms with Gasteiger partial charge in [0.2, 0.25) is 5.79 Å². The number of oxime groups is 1. The molecule has 13 heteroatoms. The normalized spacial score (nSPS) is 23.0. The number of aliphatic hydroxyl groups is 2. The lowest BCUT2D eigenvalue weighted by atomic mass is 9.55. The average Bonchev–Trinajstić information content (AvgIpc) is 3.26. The molecular formula is C51H67N3O10. The fraction of sp³-hybridized carbons (Fsp3) is 0.529. The van der Waals surface area contributed by atoms with Crippen LogP contribution in [0.3, 0.4) is 0 Å². The van der Waals surface area contributed by atoms with Crippen LogP contribution < -0.4 is 9.47 Å². The summed E-state index contributed by atoms with van der Waals surface area (Å²) in [6.45, 7) is 17.1. The fourth-order valence-corrected chi connectivity index (χ4v) is 9.50. The van der Waals surface area contributed by atoms with Crippen molar-refractivity contribution in [3.05, 3.63) is 117 Å². The van der Waals surface area contributed by atoms with E-state index in [4.69, 9.17) is 28.9 Å². The number of aryl methyl sites for hydroxylation is 2. The van der Waals surface area contributed by atoms with E-state index in [1.165, 1.54) is 17.7 Å². The van der Waals surface area contributed by atoms with Gasteiger partial charge < -0.3 is 34.0 Å². The number of fused-ring (bicyclic) bond motifs is 2. The third-order valence-electron chi connectivity index (χ3n) is 12.6. The summed E-state index contributed by atoms with van der Waals surface area (Å²) in [6.07, 6.45) is 8.80. The largest absolute Gasteiger partial charge is 0.459 e. The summed E-state index contributed by atoms with van der Waals surface area (Å²) < 4.78 is 27.1. The second-order valence-electron chi connectivity index (χ2n) is 18.6. The minimum Gasteiger partial charge on any atom is -0.459 e. The zero-order valence-electron chi connectivity index (χ0n) is 38.4. The highest BCUT2D eigenvalue weighted by atomic mass is 16.7. The van der Waals surface area contributed by atoms with Crippen LogP contribution >= 0.6 is 0 Å². The molecule has 64 heavy (non-hydrogen) atoms. The first-order chi connectivity index (χ1) is 30.7. The van der Waals surface area contributed by atoms with Crippen LogP contribution in [0, 0.1) is 47.1 Å². The van der Waals surface area contributed by atoms with Crippen molar-refractivity contribution in [2.45, 2.75) is 117 Å². The van der Waals surface area contributed by atoms with E-state index in [1.807, 2.05) is 58.0 Å². The van der Waals surface area contributed by atoms with Gasteiger partial charge >= 0.3 is 6.09 Å². The number of carbonyl (C=O) groups is 1. The van der Waals surface area contributed by atoms with E-state index in [9.17, 15) is 25.1 Å². The molecule has 2 aliphatic carbocycles. The number of hydrogen-bond acceptors (Lipinski definition) is 11. The van der Waals surface area contributed by atoms with Gasteiger partial charge in [0.15, 0.2) is 0 Å². The number of nitrogens with zero attached hydrogens (tertiary/aromatic N) is 3.